The van der Waals surface area contributed by atoms with E-state index < -0.39 is 0 Å². The second kappa shape index (κ2) is 3.34. The van der Waals surface area contributed by atoms with Crippen molar-refractivity contribution in [3.05, 3.63) is 0 Å². The molecule has 70 valence electrons. The third-order valence-electron chi connectivity index (χ3n) is 3.40. The highest BCUT2D eigenvalue weighted by Gasteiger charge is 2.36. The van der Waals surface area contributed by atoms with Gasteiger partial charge in [0.05, 0.1) is 0 Å². The van der Waals surface area contributed by atoms with E-state index in [1.807, 2.05) is 0 Å². The van der Waals surface area contributed by atoms with Gasteiger partial charge in [-0.15, -0.1) is 0 Å². The molecule has 2 nitrogen and oxygen atoms in total. The van der Waals surface area contributed by atoms with E-state index in [2.05, 4.69) is 18.2 Å². The molecule has 0 aromatic heterocycles. The SMILES string of the molecule is CC1(NC2CC2)CCB(C#N)CC1. The highest BCUT2D eigenvalue weighted by Crippen LogP contribution is 2.32. The smallest absolute Gasteiger partial charge is 0.267 e. The van der Waals surface area contributed by atoms with Crippen LogP contribution in [0.2, 0.25) is 12.6 Å². The average Bonchev–Trinajstić information content (AvgIpc) is 2.89. The molecular weight excluding hydrogens is 159 g/mol. The van der Waals surface area contributed by atoms with E-state index >= 15 is 0 Å². The fourth-order valence-electron chi connectivity index (χ4n) is 2.25. The predicted octanol–water partition coefficient (Wildman–Crippen LogP) is 1.85. The number of nitrogens with zero attached hydrogens (tertiary/aromatic N) is 1. The Hall–Kier alpha value is -0.485. The zero-order valence-corrected chi connectivity index (χ0v) is 8.34. The molecule has 2 aliphatic rings. The molecular formula is C10H17BN2. The number of nitriles is 1. The first-order chi connectivity index (χ1) is 6.22. The van der Waals surface area contributed by atoms with Crippen LogP contribution in [0.15, 0.2) is 0 Å². The zero-order valence-electron chi connectivity index (χ0n) is 8.34. The Morgan fingerprint density at radius 2 is 2.00 bits per heavy atom. The van der Waals surface area contributed by atoms with Gasteiger partial charge in [0.1, 0.15) is 0 Å². The monoisotopic (exact) mass is 176 g/mol. The van der Waals surface area contributed by atoms with E-state index in [-0.39, 0.29) is 0 Å². The zero-order chi connectivity index (χ0) is 9.31. The molecule has 0 spiro atoms. The summed E-state index contributed by atoms with van der Waals surface area (Å²) in [7, 11) is 0. The van der Waals surface area contributed by atoms with Gasteiger partial charge >= 0.3 is 0 Å². The van der Waals surface area contributed by atoms with Gasteiger partial charge in [0, 0.05) is 17.5 Å². The van der Waals surface area contributed by atoms with Crippen molar-refractivity contribution >= 4 is 6.71 Å². The van der Waals surface area contributed by atoms with Crippen molar-refractivity contribution in [1.29, 1.82) is 5.26 Å². The lowest BCUT2D eigenvalue weighted by molar-refractivity contribution is 0.317. The first-order valence-corrected chi connectivity index (χ1v) is 5.39. The quantitative estimate of drug-likeness (QED) is 0.651. The topological polar surface area (TPSA) is 35.8 Å². The average molecular weight is 176 g/mol. The molecule has 0 aromatic rings. The molecule has 0 atom stereocenters. The predicted molar refractivity (Wildman–Crippen MR) is 54.8 cm³/mol. The minimum Gasteiger partial charge on any atom is -0.309 e. The summed E-state index contributed by atoms with van der Waals surface area (Å²) in [5, 5.41) is 12.5. The summed E-state index contributed by atoms with van der Waals surface area (Å²) >= 11 is 0. The van der Waals surface area contributed by atoms with Crippen molar-refractivity contribution in [2.45, 2.75) is 56.8 Å². The second-order valence-electron chi connectivity index (χ2n) is 4.88. The highest BCUT2D eigenvalue weighted by molar-refractivity contribution is 6.67. The maximum atomic E-state index is 8.79. The summed E-state index contributed by atoms with van der Waals surface area (Å²) in [6, 6.07) is 0.795. The Bertz CT molecular complexity index is 222. The third kappa shape index (κ3) is 2.25. The van der Waals surface area contributed by atoms with E-state index in [1.54, 1.807) is 0 Å². The fraction of sp³-hybridized carbons (Fsp3) is 0.900. The molecule has 1 aliphatic carbocycles. The lowest BCUT2D eigenvalue weighted by atomic mass is 9.41. The van der Waals surface area contributed by atoms with Crippen LogP contribution in [0.1, 0.15) is 32.6 Å². The van der Waals surface area contributed by atoms with Crippen molar-refractivity contribution in [2.24, 2.45) is 0 Å². The van der Waals surface area contributed by atoms with Crippen LogP contribution in [0.5, 0.6) is 0 Å². The summed E-state index contributed by atoms with van der Waals surface area (Å²) in [4.78, 5) is 0. The van der Waals surface area contributed by atoms with Gasteiger partial charge in [-0.3, -0.25) is 0 Å². The number of hydrogen-bond acceptors (Lipinski definition) is 2. The summed E-state index contributed by atoms with van der Waals surface area (Å²) in [6.45, 7) is 2.65. The maximum Gasteiger partial charge on any atom is 0.267 e. The summed E-state index contributed by atoms with van der Waals surface area (Å²) < 4.78 is 0. The van der Waals surface area contributed by atoms with Crippen molar-refractivity contribution in [3.8, 4) is 5.97 Å². The van der Waals surface area contributed by atoms with Crippen molar-refractivity contribution in [3.63, 3.8) is 0 Å². The standard InChI is InChI=1S/C10H17BN2/c1-10(13-9-2-3-9)4-6-11(8-12)7-5-10/h9,13H,2-7H2,1H3. The van der Waals surface area contributed by atoms with Gasteiger partial charge < -0.3 is 5.32 Å². The molecule has 2 fully saturated rings. The molecule has 3 heteroatoms. The molecule has 1 aliphatic heterocycles. The molecule has 1 saturated carbocycles. The first kappa shape index (κ1) is 9.08. The third-order valence-corrected chi connectivity index (χ3v) is 3.40. The highest BCUT2D eigenvalue weighted by atomic mass is 15.0. The Kier molecular flexibility index (Phi) is 2.34. The normalized spacial score (nSPS) is 26.9. The molecule has 13 heavy (non-hydrogen) atoms. The minimum absolute atomic E-state index is 0.328. The molecule has 1 heterocycles. The van der Waals surface area contributed by atoms with Crippen LogP contribution in [0.4, 0.5) is 0 Å². The van der Waals surface area contributed by atoms with Crippen molar-refractivity contribution in [1.82, 2.24) is 5.32 Å². The summed E-state index contributed by atoms with van der Waals surface area (Å²) in [5.74, 6) is 2.38. The van der Waals surface area contributed by atoms with E-state index in [0.717, 1.165) is 18.7 Å². The van der Waals surface area contributed by atoms with Crippen LogP contribution in [0.25, 0.3) is 0 Å². The van der Waals surface area contributed by atoms with Crippen molar-refractivity contribution in [2.75, 3.05) is 0 Å². The largest absolute Gasteiger partial charge is 0.309 e. The number of nitrogens with one attached hydrogen (secondary N) is 1. The van der Waals surface area contributed by atoms with Crippen LogP contribution in [0, 0.1) is 11.2 Å². The Morgan fingerprint density at radius 3 is 2.46 bits per heavy atom. The van der Waals surface area contributed by atoms with E-state index in [1.165, 1.54) is 25.7 Å². The lowest BCUT2D eigenvalue weighted by Crippen LogP contribution is -2.47. The number of rotatable bonds is 2. The van der Waals surface area contributed by atoms with E-state index in [4.69, 9.17) is 5.26 Å². The molecule has 0 amide bonds. The molecule has 1 saturated heterocycles. The van der Waals surface area contributed by atoms with Gasteiger partial charge in [-0.25, -0.2) is 5.26 Å². The van der Waals surface area contributed by atoms with E-state index in [0.29, 0.717) is 12.3 Å². The van der Waals surface area contributed by atoms with Crippen LogP contribution in [0.3, 0.4) is 0 Å². The number of hydrogen-bond donors (Lipinski definition) is 1. The Labute approximate surface area is 80.8 Å². The maximum absolute atomic E-state index is 8.79. The summed E-state index contributed by atoms with van der Waals surface area (Å²) in [6.07, 6.45) is 7.26. The fourth-order valence-corrected chi connectivity index (χ4v) is 2.25. The molecule has 0 unspecified atom stereocenters. The van der Waals surface area contributed by atoms with Crippen LogP contribution in [-0.2, 0) is 0 Å². The van der Waals surface area contributed by atoms with Crippen LogP contribution in [-0.4, -0.2) is 18.3 Å². The molecule has 0 aromatic carbocycles. The molecule has 0 bridgehead atoms. The van der Waals surface area contributed by atoms with Gasteiger partial charge in [-0.2, -0.15) is 0 Å². The second-order valence-corrected chi connectivity index (χ2v) is 4.88. The van der Waals surface area contributed by atoms with Gasteiger partial charge in [0.2, 0.25) is 0 Å². The van der Waals surface area contributed by atoms with Gasteiger partial charge in [0.15, 0.2) is 0 Å². The van der Waals surface area contributed by atoms with E-state index in [9.17, 15) is 0 Å². The first-order valence-electron chi connectivity index (χ1n) is 5.39. The Morgan fingerprint density at radius 1 is 1.38 bits per heavy atom. The van der Waals surface area contributed by atoms with Gasteiger partial charge in [-0.1, -0.05) is 12.6 Å². The molecule has 1 N–H and O–H groups in total. The van der Waals surface area contributed by atoms with Crippen molar-refractivity contribution < 1.29 is 0 Å². The summed E-state index contributed by atoms with van der Waals surface area (Å²) in [5.41, 5.74) is 0.342. The molecule has 2 rings (SSSR count). The van der Waals surface area contributed by atoms with Gasteiger partial charge in [-0.05, 0) is 32.6 Å². The molecule has 0 radical (unpaired) electrons. The minimum atomic E-state index is 0.328. The Balaban J connectivity index is 1.84. The van der Waals surface area contributed by atoms with Crippen LogP contribution < -0.4 is 5.32 Å². The van der Waals surface area contributed by atoms with Crippen LogP contribution >= 0.6 is 0 Å². The van der Waals surface area contributed by atoms with Gasteiger partial charge in [0.25, 0.3) is 6.71 Å². The lowest BCUT2D eigenvalue weighted by Gasteiger charge is -2.35.